The minimum atomic E-state index is -3.20. The van der Waals surface area contributed by atoms with Gasteiger partial charge >= 0.3 is 0 Å². The van der Waals surface area contributed by atoms with Gasteiger partial charge in [-0.3, -0.25) is 4.57 Å². The van der Waals surface area contributed by atoms with Crippen LogP contribution in [0, 0.1) is 0 Å². The molecule has 2 nitrogen and oxygen atoms in total. The number of hydrogen-bond acceptors (Lipinski definition) is 1. The average Bonchev–Trinajstić information content (AvgIpc) is 2.46. The Balaban J connectivity index is 2.92. The van der Waals surface area contributed by atoms with Crippen molar-refractivity contribution in [3.63, 3.8) is 0 Å². The summed E-state index contributed by atoms with van der Waals surface area (Å²) in [6, 6.07) is 3.49. The van der Waals surface area contributed by atoms with Crippen LogP contribution < -0.4 is 0 Å². The lowest BCUT2D eigenvalue weighted by atomic mass is 10.5. The van der Waals surface area contributed by atoms with Crippen LogP contribution in [0.3, 0.4) is 0 Å². The average molecular weight is 293 g/mol. The molecule has 0 N–H and O–H groups in total. The quantitative estimate of drug-likeness (QED) is 0.563. The van der Waals surface area contributed by atoms with Crippen molar-refractivity contribution in [1.82, 2.24) is 4.57 Å². The van der Waals surface area contributed by atoms with Gasteiger partial charge in [-0.2, -0.15) is 0 Å². The molecule has 1 rings (SSSR count). The van der Waals surface area contributed by atoms with Crippen LogP contribution in [0.25, 0.3) is 6.20 Å². The third-order valence-corrected chi connectivity index (χ3v) is 3.04. The summed E-state index contributed by atoms with van der Waals surface area (Å²) in [5.74, 6) is -2.00. The highest BCUT2D eigenvalue weighted by atomic mass is 35.9. The summed E-state index contributed by atoms with van der Waals surface area (Å²) in [5.41, 5.74) is 0.659. The molecule has 0 aromatic carbocycles. The Labute approximate surface area is 101 Å². The zero-order valence-corrected chi connectivity index (χ0v) is 10.7. The van der Waals surface area contributed by atoms with Gasteiger partial charge in [0.05, 0.1) is 5.69 Å². The van der Waals surface area contributed by atoms with Crippen LogP contribution in [0.4, 0.5) is 0 Å². The van der Waals surface area contributed by atoms with Crippen molar-refractivity contribution in [2.75, 3.05) is 0 Å². The number of halogens is 4. The van der Waals surface area contributed by atoms with Gasteiger partial charge in [-0.05, 0) is 34.6 Å². The van der Waals surface area contributed by atoms with Crippen molar-refractivity contribution in [2.24, 2.45) is 0 Å². The molecule has 78 valence electrons. The molecule has 1 aromatic rings. The first-order valence-corrected chi connectivity index (χ1v) is 7.99. The van der Waals surface area contributed by atoms with Crippen LogP contribution in [0.15, 0.2) is 24.1 Å². The molecule has 0 spiro atoms. The highest BCUT2D eigenvalue weighted by molar-refractivity contribution is 8.10. The molecule has 1 heterocycles. The first-order chi connectivity index (χ1) is 6.40. The highest BCUT2D eigenvalue weighted by Gasteiger charge is 2.10. The molecule has 0 amide bonds. The molecule has 0 aliphatic rings. The summed E-state index contributed by atoms with van der Waals surface area (Å²) in [6.45, 7) is 0. The smallest absolute Gasteiger partial charge is 0.276 e. The Kier molecular flexibility index (Phi) is 4.42. The van der Waals surface area contributed by atoms with Crippen molar-refractivity contribution < 1.29 is 4.57 Å². The van der Waals surface area contributed by atoms with Gasteiger partial charge in [0.25, 0.3) is 5.85 Å². The molecule has 0 radical (unpaired) electrons. The molecule has 0 atom stereocenters. The summed E-state index contributed by atoms with van der Waals surface area (Å²) < 4.78 is 12.6. The lowest BCUT2D eigenvalue weighted by molar-refractivity contribution is 0.597. The van der Waals surface area contributed by atoms with Crippen LogP contribution in [0.1, 0.15) is 10.5 Å². The molecule has 0 saturated carbocycles. The van der Waals surface area contributed by atoms with Gasteiger partial charge < -0.3 is 4.57 Å². The van der Waals surface area contributed by atoms with Gasteiger partial charge in [-0.15, -0.1) is 0 Å². The van der Waals surface area contributed by atoms with E-state index in [-0.39, 0.29) is 0 Å². The fourth-order valence-electron chi connectivity index (χ4n) is 0.877. The molecule has 0 saturated heterocycles. The van der Waals surface area contributed by atoms with Gasteiger partial charge in [-0.1, -0.05) is 23.2 Å². The normalized spacial score (nSPS) is 12.9. The van der Waals surface area contributed by atoms with E-state index in [1.165, 1.54) is 12.0 Å². The van der Waals surface area contributed by atoms with E-state index in [9.17, 15) is 4.57 Å². The number of hydrogen-bond donors (Lipinski definition) is 0. The second-order valence-electron chi connectivity index (χ2n) is 2.44. The first-order valence-electron chi connectivity index (χ1n) is 3.53. The molecular formula is C7H6Cl4NOP. The number of aromatic nitrogens is 1. The minimum Gasteiger partial charge on any atom is -0.325 e. The molecular weight excluding hydrogens is 287 g/mol. The summed E-state index contributed by atoms with van der Waals surface area (Å²) >= 11 is 22.0. The molecule has 0 aliphatic carbocycles. The Morgan fingerprint density at radius 3 is 2.57 bits per heavy atom. The topological polar surface area (TPSA) is 22.0 Å². The third-order valence-electron chi connectivity index (χ3n) is 1.44. The monoisotopic (exact) mass is 291 g/mol. The van der Waals surface area contributed by atoms with Gasteiger partial charge in [0.15, 0.2) is 0 Å². The van der Waals surface area contributed by atoms with E-state index in [0.29, 0.717) is 5.69 Å². The van der Waals surface area contributed by atoms with Gasteiger partial charge in [0, 0.05) is 18.2 Å². The molecule has 7 heteroatoms. The van der Waals surface area contributed by atoms with Crippen molar-refractivity contribution in [2.45, 2.75) is 4.84 Å². The van der Waals surface area contributed by atoms with Crippen LogP contribution in [0.2, 0.25) is 0 Å². The van der Waals surface area contributed by atoms with E-state index in [1.807, 2.05) is 0 Å². The fourth-order valence-corrected chi connectivity index (χ4v) is 1.85. The SMILES string of the molecule is O=P(Cl)(Cl)/C=C/n1cccc1C(Cl)Cl. The molecule has 0 aliphatic heterocycles. The largest absolute Gasteiger partial charge is 0.325 e. The van der Waals surface area contributed by atoms with Crippen molar-refractivity contribution in [3.8, 4) is 0 Å². The lowest BCUT2D eigenvalue weighted by Crippen LogP contribution is -1.91. The molecule has 0 bridgehead atoms. The van der Waals surface area contributed by atoms with E-state index in [2.05, 4.69) is 0 Å². The van der Waals surface area contributed by atoms with E-state index in [4.69, 9.17) is 45.7 Å². The highest BCUT2D eigenvalue weighted by Crippen LogP contribution is 2.58. The van der Waals surface area contributed by atoms with Crippen LogP contribution in [-0.2, 0) is 4.57 Å². The maximum atomic E-state index is 11.0. The van der Waals surface area contributed by atoms with Gasteiger partial charge in [0.1, 0.15) is 4.84 Å². The van der Waals surface area contributed by atoms with Crippen molar-refractivity contribution in [1.29, 1.82) is 0 Å². The second kappa shape index (κ2) is 4.96. The third kappa shape index (κ3) is 3.88. The molecule has 0 fully saturated rings. The van der Waals surface area contributed by atoms with Gasteiger partial charge in [0.2, 0.25) is 0 Å². The van der Waals surface area contributed by atoms with Crippen LogP contribution in [0.5, 0.6) is 0 Å². The number of alkyl halides is 2. The summed E-state index contributed by atoms with van der Waals surface area (Å²) in [5, 5.41) is 0. The Morgan fingerprint density at radius 1 is 1.43 bits per heavy atom. The van der Waals surface area contributed by atoms with Gasteiger partial charge in [-0.25, -0.2) is 0 Å². The van der Waals surface area contributed by atoms with Crippen LogP contribution >= 0.6 is 51.5 Å². The Bertz CT molecular complexity index is 381. The lowest BCUT2D eigenvalue weighted by Gasteiger charge is -2.03. The summed E-state index contributed by atoms with van der Waals surface area (Å²) in [7, 11) is 0. The molecule has 0 unspecified atom stereocenters. The molecule has 1 aromatic heterocycles. The predicted molar refractivity (Wildman–Crippen MR) is 63.5 cm³/mol. The maximum absolute atomic E-state index is 11.0. The maximum Gasteiger partial charge on any atom is 0.276 e. The first kappa shape index (κ1) is 12.5. The van der Waals surface area contributed by atoms with E-state index in [1.54, 1.807) is 22.9 Å². The zero-order valence-electron chi connectivity index (χ0n) is 6.78. The van der Waals surface area contributed by atoms with Crippen molar-refractivity contribution >= 4 is 57.7 Å². The fraction of sp³-hybridized carbons (Fsp3) is 0.143. The summed E-state index contributed by atoms with van der Waals surface area (Å²) in [6.07, 6.45) is 3.17. The van der Waals surface area contributed by atoms with E-state index < -0.39 is 10.7 Å². The zero-order chi connectivity index (χ0) is 10.8. The van der Waals surface area contributed by atoms with Crippen molar-refractivity contribution in [3.05, 3.63) is 29.8 Å². The minimum absolute atomic E-state index is 0.653. The Hall–Kier alpha value is 0.410. The van der Waals surface area contributed by atoms with E-state index in [0.717, 1.165) is 0 Å². The number of rotatable bonds is 3. The standard InChI is InChI=1S/C7H6Cl4NOP/c8-7(9)6-2-1-3-12(6)4-5-14(10,11)13/h1-5,7H/b5-4+. The summed E-state index contributed by atoms with van der Waals surface area (Å²) in [4.78, 5) is -0.653. The second-order valence-corrected chi connectivity index (χ2v) is 8.37. The predicted octanol–water partition coefficient (Wildman–Crippen LogP) is 5.06. The molecule has 14 heavy (non-hydrogen) atoms. The Morgan fingerprint density at radius 2 is 2.07 bits per heavy atom. The van der Waals surface area contributed by atoms with E-state index >= 15 is 0 Å². The number of nitrogens with zero attached hydrogens (tertiary/aromatic N) is 1. The van der Waals surface area contributed by atoms with Crippen LogP contribution in [-0.4, -0.2) is 4.57 Å².